The van der Waals surface area contributed by atoms with Gasteiger partial charge in [-0.25, -0.2) is 0 Å². The number of nitrogens with zero attached hydrogens (tertiary/aromatic N) is 1. The lowest BCUT2D eigenvalue weighted by atomic mass is 10.0. The first kappa shape index (κ1) is 13.0. The highest BCUT2D eigenvalue weighted by atomic mass is 16.5. The molecule has 1 saturated heterocycles. The predicted octanol–water partition coefficient (Wildman–Crippen LogP) is 2.10. The zero-order valence-electron chi connectivity index (χ0n) is 11.2. The van der Waals surface area contributed by atoms with E-state index in [2.05, 4.69) is 18.7 Å². The number of rotatable bonds is 7. The van der Waals surface area contributed by atoms with E-state index in [0.717, 1.165) is 25.5 Å². The fourth-order valence-electron chi connectivity index (χ4n) is 2.37. The highest BCUT2D eigenvalue weighted by molar-refractivity contribution is 5.83. The molecule has 3 nitrogen and oxygen atoms in total. The minimum atomic E-state index is 0.176. The molecule has 0 bridgehead atoms. The Kier molecular flexibility index (Phi) is 4.57. The zero-order valence-corrected chi connectivity index (χ0v) is 11.2. The summed E-state index contributed by atoms with van der Waals surface area (Å²) in [7, 11) is 0. The molecule has 0 aromatic heterocycles. The maximum atomic E-state index is 12.1. The van der Waals surface area contributed by atoms with Crippen LogP contribution in [0.1, 0.15) is 39.5 Å². The molecule has 17 heavy (non-hydrogen) atoms. The van der Waals surface area contributed by atoms with Crippen molar-refractivity contribution in [2.45, 2.75) is 45.6 Å². The number of carbonyl (C=O) groups is 1. The highest BCUT2D eigenvalue weighted by Crippen LogP contribution is 2.28. The maximum Gasteiger partial charge on any atom is 0.152 e. The van der Waals surface area contributed by atoms with Crippen molar-refractivity contribution in [2.24, 2.45) is 11.8 Å². The van der Waals surface area contributed by atoms with Crippen LogP contribution in [0.2, 0.25) is 0 Å². The summed E-state index contributed by atoms with van der Waals surface area (Å²) in [4.78, 5) is 14.5. The summed E-state index contributed by atoms with van der Waals surface area (Å²) in [5.41, 5.74) is 0. The van der Waals surface area contributed by atoms with Gasteiger partial charge in [-0.3, -0.25) is 9.69 Å². The number of hydrogen-bond acceptors (Lipinski definition) is 3. The van der Waals surface area contributed by atoms with Gasteiger partial charge in [-0.05, 0) is 38.1 Å². The summed E-state index contributed by atoms with van der Waals surface area (Å²) in [6.07, 6.45) is 4.70. The minimum absolute atomic E-state index is 0.176. The second kappa shape index (κ2) is 5.96. The van der Waals surface area contributed by atoms with Crippen molar-refractivity contribution < 1.29 is 9.53 Å². The molecule has 0 spiro atoms. The molecule has 2 fully saturated rings. The lowest BCUT2D eigenvalue weighted by Crippen LogP contribution is -2.36. The Balaban J connectivity index is 1.77. The van der Waals surface area contributed by atoms with E-state index in [-0.39, 0.29) is 5.92 Å². The van der Waals surface area contributed by atoms with Crippen molar-refractivity contribution in [1.29, 1.82) is 0 Å². The molecule has 0 aromatic rings. The first-order valence-corrected chi connectivity index (χ1v) is 7.01. The Bertz CT molecular complexity index is 255. The van der Waals surface area contributed by atoms with Crippen molar-refractivity contribution in [3.05, 3.63) is 0 Å². The summed E-state index contributed by atoms with van der Waals surface area (Å²) < 4.78 is 5.29. The first-order chi connectivity index (χ1) is 8.16. The number of Topliss-reactive ketones (excluding diaryl/α,β-unsaturated/α-hetero) is 1. The molecule has 1 heterocycles. The number of ether oxygens (including phenoxy) is 1. The van der Waals surface area contributed by atoms with Gasteiger partial charge in [0.2, 0.25) is 0 Å². The summed E-state index contributed by atoms with van der Waals surface area (Å²) in [5, 5.41) is 0. The summed E-state index contributed by atoms with van der Waals surface area (Å²) in [5.74, 6) is 1.30. The molecule has 0 amide bonds. The van der Waals surface area contributed by atoms with Crippen LogP contribution >= 0.6 is 0 Å². The van der Waals surface area contributed by atoms with E-state index < -0.39 is 0 Å². The van der Waals surface area contributed by atoms with E-state index in [4.69, 9.17) is 4.74 Å². The molecular formula is C14H25NO2. The average Bonchev–Trinajstić information content (AvgIpc) is 2.98. The molecule has 1 aliphatic heterocycles. The van der Waals surface area contributed by atoms with E-state index in [1.165, 1.54) is 19.3 Å². The van der Waals surface area contributed by atoms with Crippen molar-refractivity contribution in [1.82, 2.24) is 4.90 Å². The van der Waals surface area contributed by atoms with Gasteiger partial charge in [-0.2, -0.15) is 0 Å². The van der Waals surface area contributed by atoms with Crippen LogP contribution in [0.25, 0.3) is 0 Å². The van der Waals surface area contributed by atoms with Crippen molar-refractivity contribution in [3.63, 3.8) is 0 Å². The second-order valence-corrected chi connectivity index (χ2v) is 5.91. The monoisotopic (exact) mass is 239 g/mol. The third kappa shape index (κ3) is 4.07. The molecule has 0 aromatic carbocycles. The lowest BCUT2D eigenvalue weighted by Gasteiger charge is -2.23. The molecule has 2 rings (SSSR count). The number of carbonyl (C=O) groups excluding carboxylic acids is 1. The van der Waals surface area contributed by atoms with E-state index >= 15 is 0 Å². The van der Waals surface area contributed by atoms with Crippen LogP contribution in [0.5, 0.6) is 0 Å². The van der Waals surface area contributed by atoms with Crippen LogP contribution in [0.3, 0.4) is 0 Å². The van der Waals surface area contributed by atoms with Crippen LogP contribution in [0.15, 0.2) is 0 Å². The normalized spacial score (nSPS) is 24.8. The van der Waals surface area contributed by atoms with Gasteiger partial charge in [-0.15, -0.1) is 0 Å². The van der Waals surface area contributed by atoms with Crippen LogP contribution in [0, 0.1) is 11.8 Å². The fraction of sp³-hybridized carbons (Fsp3) is 0.929. The SMILES string of the molecule is CC(C)CCN(CC(=O)C1CCOC1)C1CC1. The number of ketones is 1. The van der Waals surface area contributed by atoms with Crippen LogP contribution in [-0.2, 0) is 9.53 Å². The van der Waals surface area contributed by atoms with E-state index in [1.807, 2.05) is 0 Å². The van der Waals surface area contributed by atoms with Gasteiger partial charge < -0.3 is 4.74 Å². The molecule has 0 radical (unpaired) electrons. The van der Waals surface area contributed by atoms with Gasteiger partial charge in [0, 0.05) is 18.6 Å². The Morgan fingerprint density at radius 2 is 2.12 bits per heavy atom. The number of hydrogen-bond donors (Lipinski definition) is 0. The van der Waals surface area contributed by atoms with E-state index in [1.54, 1.807) is 0 Å². The van der Waals surface area contributed by atoms with Crippen molar-refractivity contribution in [3.8, 4) is 0 Å². The van der Waals surface area contributed by atoms with Crippen molar-refractivity contribution >= 4 is 5.78 Å². The van der Waals surface area contributed by atoms with Gasteiger partial charge in [0.25, 0.3) is 0 Å². The van der Waals surface area contributed by atoms with E-state index in [9.17, 15) is 4.79 Å². The highest BCUT2D eigenvalue weighted by Gasteiger charge is 2.32. The van der Waals surface area contributed by atoms with Gasteiger partial charge in [0.1, 0.15) is 0 Å². The molecule has 2 aliphatic rings. The topological polar surface area (TPSA) is 29.5 Å². The first-order valence-electron chi connectivity index (χ1n) is 7.01. The second-order valence-electron chi connectivity index (χ2n) is 5.91. The van der Waals surface area contributed by atoms with Gasteiger partial charge in [-0.1, -0.05) is 13.8 Å². The predicted molar refractivity (Wildman–Crippen MR) is 68.0 cm³/mol. The van der Waals surface area contributed by atoms with Crippen LogP contribution in [0.4, 0.5) is 0 Å². The lowest BCUT2D eigenvalue weighted by molar-refractivity contribution is -0.124. The third-order valence-electron chi connectivity index (χ3n) is 3.80. The van der Waals surface area contributed by atoms with Crippen LogP contribution in [-0.4, -0.2) is 43.0 Å². The molecule has 0 N–H and O–H groups in total. The Hall–Kier alpha value is -0.410. The summed E-state index contributed by atoms with van der Waals surface area (Å²) in [6.45, 7) is 7.66. The zero-order chi connectivity index (χ0) is 12.3. The summed E-state index contributed by atoms with van der Waals surface area (Å²) in [6, 6.07) is 0.694. The smallest absolute Gasteiger partial charge is 0.152 e. The quantitative estimate of drug-likeness (QED) is 0.681. The van der Waals surface area contributed by atoms with Gasteiger partial charge in [0.05, 0.1) is 13.2 Å². The molecule has 1 unspecified atom stereocenters. The molecule has 1 aliphatic carbocycles. The molecule has 1 saturated carbocycles. The molecule has 3 heteroatoms. The van der Waals surface area contributed by atoms with Crippen molar-refractivity contribution in [2.75, 3.05) is 26.3 Å². The maximum absolute atomic E-state index is 12.1. The molecular weight excluding hydrogens is 214 g/mol. The minimum Gasteiger partial charge on any atom is -0.381 e. The largest absolute Gasteiger partial charge is 0.381 e. The Labute approximate surface area is 105 Å². The molecule has 98 valence electrons. The van der Waals surface area contributed by atoms with Gasteiger partial charge in [0.15, 0.2) is 5.78 Å². The fourth-order valence-corrected chi connectivity index (χ4v) is 2.37. The van der Waals surface area contributed by atoms with E-state index in [0.29, 0.717) is 25.0 Å². The molecule has 1 atom stereocenters. The summed E-state index contributed by atoms with van der Waals surface area (Å²) >= 11 is 0. The Morgan fingerprint density at radius 3 is 2.65 bits per heavy atom. The standard InChI is InChI=1S/C14H25NO2/c1-11(2)5-7-15(13-3-4-13)9-14(16)12-6-8-17-10-12/h11-13H,3-10H2,1-2H3. The van der Waals surface area contributed by atoms with Gasteiger partial charge >= 0.3 is 0 Å². The Morgan fingerprint density at radius 1 is 1.35 bits per heavy atom. The van der Waals surface area contributed by atoms with Crippen LogP contribution < -0.4 is 0 Å². The average molecular weight is 239 g/mol. The third-order valence-corrected chi connectivity index (χ3v) is 3.80.